The summed E-state index contributed by atoms with van der Waals surface area (Å²) in [6, 6.07) is 5.83. The van der Waals surface area contributed by atoms with Crippen LogP contribution >= 0.6 is 0 Å². The molecule has 0 amide bonds. The molecule has 2 aliphatic rings. The van der Waals surface area contributed by atoms with E-state index in [1.165, 1.54) is 0 Å². The lowest BCUT2D eigenvalue weighted by Crippen LogP contribution is -2.46. The largest absolute Gasteiger partial charge is 0.477 e. The molecule has 1 saturated carbocycles. The van der Waals surface area contributed by atoms with Gasteiger partial charge in [0.05, 0.1) is 24.6 Å². The van der Waals surface area contributed by atoms with E-state index in [1.807, 2.05) is 12.3 Å². The van der Waals surface area contributed by atoms with E-state index in [4.69, 9.17) is 4.74 Å². The van der Waals surface area contributed by atoms with Crippen molar-refractivity contribution in [3.8, 4) is 5.88 Å². The van der Waals surface area contributed by atoms with E-state index >= 15 is 0 Å². The first-order valence-electron chi connectivity index (χ1n) is 11.0. The van der Waals surface area contributed by atoms with Gasteiger partial charge >= 0.3 is 0 Å². The van der Waals surface area contributed by atoms with Crippen molar-refractivity contribution in [1.29, 1.82) is 0 Å². The Morgan fingerprint density at radius 2 is 1.87 bits per heavy atom. The van der Waals surface area contributed by atoms with Crippen molar-refractivity contribution in [3.05, 3.63) is 30.6 Å². The summed E-state index contributed by atoms with van der Waals surface area (Å²) >= 11 is 0. The van der Waals surface area contributed by atoms with Crippen LogP contribution in [0.15, 0.2) is 30.6 Å². The van der Waals surface area contributed by atoms with Crippen LogP contribution in [0.25, 0.3) is 0 Å². The van der Waals surface area contributed by atoms with Crippen LogP contribution in [0.4, 0.5) is 17.5 Å². The number of aliphatic hydroxyl groups is 1. The number of aliphatic hydroxyl groups excluding tert-OH is 1. The number of rotatable bonds is 7. The molecule has 30 heavy (non-hydrogen) atoms. The Hall–Kier alpha value is -2.45. The number of likely N-dealkylation sites (N-methyl/N-ethyl adjacent to an activating group) is 1. The smallest absolute Gasteiger partial charge is 0.231 e. The van der Waals surface area contributed by atoms with Gasteiger partial charge in [-0.3, -0.25) is 0 Å². The first-order chi connectivity index (χ1) is 14.7. The average molecular weight is 413 g/mol. The molecule has 2 aromatic rings. The monoisotopic (exact) mass is 412 g/mol. The fourth-order valence-electron chi connectivity index (χ4n) is 4.08. The van der Waals surface area contributed by atoms with Gasteiger partial charge < -0.3 is 25.0 Å². The molecule has 1 aliphatic heterocycles. The number of pyridine rings is 1. The molecule has 0 atom stereocenters. The highest BCUT2D eigenvalue weighted by Crippen LogP contribution is 2.25. The highest BCUT2D eigenvalue weighted by Gasteiger charge is 2.20. The summed E-state index contributed by atoms with van der Waals surface area (Å²) in [4.78, 5) is 18.1. The van der Waals surface area contributed by atoms with Gasteiger partial charge in [-0.15, -0.1) is 0 Å². The van der Waals surface area contributed by atoms with E-state index < -0.39 is 0 Å². The maximum atomic E-state index is 9.62. The predicted octanol–water partition coefficient (Wildman–Crippen LogP) is 2.69. The van der Waals surface area contributed by atoms with Crippen molar-refractivity contribution in [1.82, 2.24) is 19.9 Å². The van der Waals surface area contributed by atoms with Crippen LogP contribution in [0.2, 0.25) is 0 Å². The van der Waals surface area contributed by atoms with E-state index in [-0.39, 0.29) is 6.10 Å². The molecule has 1 saturated heterocycles. The molecule has 3 heterocycles. The fourth-order valence-corrected chi connectivity index (χ4v) is 4.08. The summed E-state index contributed by atoms with van der Waals surface area (Å²) in [5, 5.41) is 12.8. The normalized spacial score (nSPS) is 22.7. The van der Waals surface area contributed by atoms with Crippen molar-refractivity contribution in [2.75, 3.05) is 49.5 Å². The second kappa shape index (κ2) is 10.0. The molecule has 0 spiro atoms. The minimum atomic E-state index is -0.143. The van der Waals surface area contributed by atoms with E-state index in [0.717, 1.165) is 64.1 Å². The fraction of sp³-hybridized carbons (Fsp3) is 0.591. The van der Waals surface area contributed by atoms with Crippen LogP contribution in [0, 0.1) is 5.92 Å². The van der Waals surface area contributed by atoms with Gasteiger partial charge in [-0.25, -0.2) is 9.97 Å². The Balaban J connectivity index is 1.29. The number of hydrogen-bond donors (Lipinski definition) is 2. The molecule has 1 aliphatic carbocycles. The topological polar surface area (TPSA) is 86.6 Å². The molecule has 2 N–H and O–H groups in total. The molecule has 0 bridgehead atoms. The summed E-state index contributed by atoms with van der Waals surface area (Å²) in [6.07, 6.45) is 7.18. The quantitative estimate of drug-likeness (QED) is 0.718. The Morgan fingerprint density at radius 1 is 1.07 bits per heavy atom. The third-order valence-electron chi connectivity index (χ3n) is 6.09. The van der Waals surface area contributed by atoms with Crippen LogP contribution in [-0.4, -0.2) is 70.4 Å². The zero-order valence-corrected chi connectivity index (χ0v) is 17.7. The molecule has 2 aromatic heterocycles. The van der Waals surface area contributed by atoms with Crippen molar-refractivity contribution in [2.45, 2.75) is 38.7 Å². The van der Waals surface area contributed by atoms with Gasteiger partial charge in [-0.1, -0.05) is 6.92 Å². The molecule has 4 rings (SSSR count). The Labute approximate surface area is 178 Å². The lowest BCUT2D eigenvalue weighted by Gasteiger charge is -2.35. The van der Waals surface area contributed by atoms with Crippen LogP contribution in [0.3, 0.4) is 0 Å². The zero-order chi connectivity index (χ0) is 20.8. The maximum Gasteiger partial charge on any atom is 0.231 e. The van der Waals surface area contributed by atoms with Crippen molar-refractivity contribution >= 4 is 17.5 Å². The molecule has 8 heteroatoms. The number of anilines is 3. The molecule has 0 aromatic carbocycles. The van der Waals surface area contributed by atoms with Gasteiger partial charge in [0.25, 0.3) is 0 Å². The van der Waals surface area contributed by atoms with Crippen molar-refractivity contribution < 1.29 is 9.84 Å². The molecule has 0 unspecified atom stereocenters. The first-order valence-corrected chi connectivity index (χ1v) is 11.0. The number of piperazine rings is 1. The second-order valence-corrected chi connectivity index (χ2v) is 8.15. The van der Waals surface area contributed by atoms with E-state index in [0.29, 0.717) is 30.2 Å². The van der Waals surface area contributed by atoms with Crippen LogP contribution in [0.1, 0.15) is 32.6 Å². The van der Waals surface area contributed by atoms with Gasteiger partial charge in [0.15, 0.2) is 0 Å². The minimum absolute atomic E-state index is 0.143. The average Bonchev–Trinajstić information content (AvgIpc) is 2.80. The molecule has 8 nitrogen and oxygen atoms in total. The van der Waals surface area contributed by atoms with Crippen LogP contribution in [0.5, 0.6) is 5.88 Å². The van der Waals surface area contributed by atoms with Gasteiger partial charge in [0.1, 0.15) is 5.82 Å². The second-order valence-electron chi connectivity index (χ2n) is 8.15. The van der Waals surface area contributed by atoms with E-state index in [1.54, 1.807) is 12.3 Å². The van der Waals surface area contributed by atoms with Crippen LogP contribution < -0.4 is 15.0 Å². The predicted molar refractivity (Wildman–Crippen MR) is 117 cm³/mol. The number of aromatic nitrogens is 3. The molecular formula is C22H32N6O2. The zero-order valence-electron chi connectivity index (χ0n) is 17.7. The first kappa shape index (κ1) is 20.8. The highest BCUT2D eigenvalue weighted by molar-refractivity contribution is 5.54. The van der Waals surface area contributed by atoms with Gasteiger partial charge in [-0.2, -0.15) is 4.98 Å². The van der Waals surface area contributed by atoms with Gasteiger partial charge in [0, 0.05) is 38.4 Å². The summed E-state index contributed by atoms with van der Waals surface area (Å²) < 4.78 is 5.87. The molecular weight excluding hydrogens is 380 g/mol. The lowest BCUT2D eigenvalue weighted by atomic mass is 9.88. The lowest BCUT2D eigenvalue weighted by molar-refractivity contribution is 0.0909. The SMILES string of the molecule is CCN1CCN(c2ccc(Nc3nccc(OCC4CCC(O)CC4)n3)nc2)CC1. The standard InChI is InChI=1S/C22H32N6O2/c1-2-27-11-13-28(14-12-27)18-5-8-20(24-15-18)25-22-23-10-9-21(26-22)30-16-17-3-6-19(29)7-4-17/h5,8-10,15,17,19,29H,2-4,6-7,11-14,16H2,1H3,(H,23,24,25,26). The molecule has 2 fully saturated rings. The highest BCUT2D eigenvalue weighted by atomic mass is 16.5. The Morgan fingerprint density at radius 3 is 2.57 bits per heavy atom. The molecule has 162 valence electrons. The van der Waals surface area contributed by atoms with E-state index in [9.17, 15) is 5.11 Å². The number of nitrogens with one attached hydrogen (secondary N) is 1. The minimum Gasteiger partial charge on any atom is -0.477 e. The van der Waals surface area contributed by atoms with Crippen molar-refractivity contribution in [2.24, 2.45) is 5.92 Å². The number of hydrogen-bond acceptors (Lipinski definition) is 8. The third kappa shape index (κ3) is 5.58. The van der Waals surface area contributed by atoms with Gasteiger partial charge in [-0.05, 0) is 50.3 Å². The van der Waals surface area contributed by atoms with Crippen molar-refractivity contribution in [3.63, 3.8) is 0 Å². The number of ether oxygens (including phenoxy) is 1. The van der Waals surface area contributed by atoms with E-state index in [2.05, 4.69) is 43.1 Å². The Kier molecular flexibility index (Phi) is 6.96. The van der Waals surface area contributed by atoms with Gasteiger partial charge in [0.2, 0.25) is 11.8 Å². The maximum absolute atomic E-state index is 9.62. The summed E-state index contributed by atoms with van der Waals surface area (Å²) in [6.45, 7) is 8.20. The molecule has 0 radical (unpaired) electrons. The Bertz CT molecular complexity index is 786. The number of nitrogens with zero attached hydrogens (tertiary/aromatic N) is 5. The third-order valence-corrected chi connectivity index (χ3v) is 6.09. The van der Waals surface area contributed by atoms with Crippen LogP contribution in [-0.2, 0) is 0 Å². The summed E-state index contributed by atoms with van der Waals surface area (Å²) in [7, 11) is 0. The summed E-state index contributed by atoms with van der Waals surface area (Å²) in [5.74, 6) is 2.23. The summed E-state index contributed by atoms with van der Waals surface area (Å²) in [5.41, 5.74) is 1.15.